The van der Waals surface area contributed by atoms with E-state index in [0.717, 1.165) is 0 Å². The van der Waals surface area contributed by atoms with Crippen LogP contribution >= 0.6 is 24.4 Å². The Morgan fingerprint density at radius 3 is 2.14 bits per heavy atom. The lowest BCUT2D eigenvalue weighted by molar-refractivity contribution is -0.138. The van der Waals surface area contributed by atoms with E-state index in [1.165, 1.54) is 11.8 Å². The van der Waals surface area contributed by atoms with E-state index >= 15 is 0 Å². The van der Waals surface area contributed by atoms with Crippen LogP contribution in [0.4, 0.5) is 0 Å². The summed E-state index contributed by atoms with van der Waals surface area (Å²) >= 11 is 5.47. The van der Waals surface area contributed by atoms with Crippen LogP contribution in [-0.2, 0) is 24.0 Å². The number of carbonyl (C=O) groups excluding carboxylic acids is 4. The summed E-state index contributed by atoms with van der Waals surface area (Å²) in [6.45, 7) is -0.577. The molecule has 0 aliphatic rings. The van der Waals surface area contributed by atoms with Gasteiger partial charge in [0.05, 0.1) is 6.04 Å². The van der Waals surface area contributed by atoms with Crippen LogP contribution in [-0.4, -0.2) is 77.1 Å². The molecule has 0 aromatic carbocycles. The molecule has 8 N–H and O–H groups in total. The maximum Gasteiger partial charge on any atom is 0.322 e. The Morgan fingerprint density at radius 2 is 1.64 bits per heavy atom. The number of hydrogen-bond acceptors (Lipinski definition) is 8. The highest BCUT2D eigenvalue weighted by Gasteiger charge is 2.27. The topological polar surface area (TPSA) is 194 Å². The van der Waals surface area contributed by atoms with Crippen molar-refractivity contribution in [1.82, 2.24) is 16.0 Å². The zero-order chi connectivity index (χ0) is 21.7. The van der Waals surface area contributed by atoms with E-state index in [2.05, 4.69) is 28.6 Å². The molecule has 0 aromatic rings. The Bertz CT molecular complexity index is 577. The van der Waals surface area contributed by atoms with Crippen molar-refractivity contribution in [3.05, 3.63) is 0 Å². The molecule has 0 aromatic heterocycles. The van der Waals surface area contributed by atoms with Gasteiger partial charge >= 0.3 is 5.97 Å². The Morgan fingerprint density at radius 1 is 1.04 bits per heavy atom. The maximum atomic E-state index is 12.4. The van der Waals surface area contributed by atoms with E-state index < -0.39 is 54.3 Å². The number of carbonyl (C=O) groups is 5. The van der Waals surface area contributed by atoms with Gasteiger partial charge in [-0.2, -0.15) is 24.4 Å². The number of nitrogens with two attached hydrogens (primary N) is 2. The van der Waals surface area contributed by atoms with E-state index in [4.69, 9.17) is 16.6 Å². The van der Waals surface area contributed by atoms with Crippen molar-refractivity contribution >= 4 is 54.0 Å². The fourth-order valence-corrected chi connectivity index (χ4v) is 2.69. The Balaban J connectivity index is 4.88. The van der Waals surface area contributed by atoms with E-state index in [1.54, 1.807) is 0 Å². The standard InChI is InChI=1S/C15H27N5O6S2/c1-28-5-4-9(14(25)18-6-12(22)23)19-15(26)10(7-27)20-13(24)8(16)2-3-11(17)21/h8-10,27H,2-7,16H2,1H3,(H2,17,21)(H,18,25)(H,19,26)(H,20,24)(H,22,23). The third-order valence-electron chi connectivity index (χ3n) is 3.51. The largest absolute Gasteiger partial charge is 0.480 e. The van der Waals surface area contributed by atoms with E-state index in [-0.39, 0.29) is 25.0 Å². The summed E-state index contributed by atoms with van der Waals surface area (Å²) < 4.78 is 0. The number of primary amides is 1. The molecule has 0 saturated heterocycles. The van der Waals surface area contributed by atoms with Crippen molar-refractivity contribution in [2.75, 3.05) is 24.3 Å². The number of nitrogens with one attached hydrogen (secondary N) is 3. The highest BCUT2D eigenvalue weighted by Crippen LogP contribution is 2.03. The zero-order valence-electron chi connectivity index (χ0n) is 15.5. The summed E-state index contributed by atoms with van der Waals surface area (Å²) in [7, 11) is 0. The van der Waals surface area contributed by atoms with Gasteiger partial charge in [0.1, 0.15) is 18.6 Å². The van der Waals surface area contributed by atoms with Gasteiger partial charge in [0.15, 0.2) is 0 Å². The zero-order valence-corrected chi connectivity index (χ0v) is 17.2. The number of rotatable bonds is 14. The molecule has 0 bridgehead atoms. The Hall–Kier alpha value is -1.99. The van der Waals surface area contributed by atoms with Crippen LogP contribution in [0.25, 0.3) is 0 Å². The molecule has 0 aliphatic heterocycles. The van der Waals surface area contributed by atoms with Crippen molar-refractivity contribution in [3.8, 4) is 0 Å². The van der Waals surface area contributed by atoms with Crippen LogP contribution in [0.2, 0.25) is 0 Å². The van der Waals surface area contributed by atoms with Crippen molar-refractivity contribution in [1.29, 1.82) is 0 Å². The number of carboxylic acid groups (broad SMARTS) is 1. The first-order valence-corrected chi connectivity index (χ1v) is 10.4. The quantitative estimate of drug-likeness (QED) is 0.144. The van der Waals surface area contributed by atoms with Gasteiger partial charge in [-0.1, -0.05) is 0 Å². The minimum absolute atomic E-state index is 0.0238. The predicted octanol–water partition coefficient (Wildman–Crippen LogP) is -2.57. The Labute approximate surface area is 172 Å². The first-order chi connectivity index (χ1) is 13.1. The van der Waals surface area contributed by atoms with Gasteiger partial charge in [-0.15, -0.1) is 0 Å². The SMILES string of the molecule is CSCCC(NC(=O)C(CS)NC(=O)C(N)CCC(N)=O)C(=O)NCC(=O)O. The predicted molar refractivity (Wildman–Crippen MR) is 108 cm³/mol. The molecule has 28 heavy (non-hydrogen) atoms. The average Bonchev–Trinajstić information content (AvgIpc) is 2.64. The van der Waals surface area contributed by atoms with Crippen LogP contribution in [0.3, 0.4) is 0 Å². The van der Waals surface area contributed by atoms with E-state index in [9.17, 15) is 24.0 Å². The molecule has 0 rings (SSSR count). The highest BCUT2D eigenvalue weighted by molar-refractivity contribution is 7.98. The second-order valence-electron chi connectivity index (χ2n) is 5.81. The lowest BCUT2D eigenvalue weighted by Crippen LogP contribution is -2.56. The highest BCUT2D eigenvalue weighted by atomic mass is 32.2. The van der Waals surface area contributed by atoms with Crippen molar-refractivity contribution in [2.24, 2.45) is 11.5 Å². The van der Waals surface area contributed by atoms with Crippen molar-refractivity contribution in [2.45, 2.75) is 37.4 Å². The number of thioether (sulfide) groups is 1. The number of hydrogen-bond donors (Lipinski definition) is 7. The summed E-state index contributed by atoms with van der Waals surface area (Å²) in [5.74, 6) is -3.31. The number of amides is 4. The Kier molecular flexibility index (Phi) is 13.1. The van der Waals surface area contributed by atoms with Gasteiger partial charge in [-0.3, -0.25) is 24.0 Å². The monoisotopic (exact) mass is 437 g/mol. The van der Waals surface area contributed by atoms with Crippen LogP contribution in [0.5, 0.6) is 0 Å². The van der Waals surface area contributed by atoms with E-state index in [0.29, 0.717) is 5.75 Å². The van der Waals surface area contributed by atoms with Crippen LogP contribution < -0.4 is 27.4 Å². The van der Waals surface area contributed by atoms with Gasteiger partial charge in [0.2, 0.25) is 23.6 Å². The molecule has 0 radical (unpaired) electrons. The number of thiol groups is 1. The second-order valence-corrected chi connectivity index (χ2v) is 7.16. The molecule has 0 spiro atoms. The van der Waals surface area contributed by atoms with Crippen LogP contribution in [0.15, 0.2) is 0 Å². The first kappa shape index (κ1) is 26.0. The minimum atomic E-state index is -1.21. The van der Waals surface area contributed by atoms with Gasteiger partial charge in [-0.05, 0) is 24.9 Å². The smallest absolute Gasteiger partial charge is 0.322 e. The summed E-state index contributed by atoms with van der Waals surface area (Å²) in [5, 5.41) is 15.8. The summed E-state index contributed by atoms with van der Waals surface area (Å²) in [4.78, 5) is 57.9. The van der Waals surface area contributed by atoms with Crippen molar-refractivity contribution < 1.29 is 29.1 Å². The van der Waals surface area contributed by atoms with Crippen LogP contribution in [0, 0.1) is 0 Å². The fraction of sp³-hybridized carbons (Fsp3) is 0.667. The number of carboxylic acids is 1. The van der Waals surface area contributed by atoms with Gasteiger partial charge in [-0.25, -0.2) is 0 Å². The minimum Gasteiger partial charge on any atom is -0.480 e. The maximum absolute atomic E-state index is 12.4. The lowest BCUT2D eigenvalue weighted by Gasteiger charge is -2.23. The number of aliphatic carboxylic acids is 1. The van der Waals surface area contributed by atoms with Gasteiger partial charge in [0.25, 0.3) is 0 Å². The second kappa shape index (κ2) is 14.1. The lowest BCUT2D eigenvalue weighted by atomic mass is 10.1. The molecule has 0 aliphatic carbocycles. The fourth-order valence-electron chi connectivity index (χ4n) is 1.96. The molecule has 11 nitrogen and oxygen atoms in total. The molecular weight excluding hydrogens is 410 g/mol. The molecular formula is C15H27N5O6S2. The molecule has 160 valence electrons. The molecule has 3 unspecified atom stereocenters. The molecule has 13 heteroatoms. The van der Waals surface area contributed by atoms with Gasteiger partial charge in [0, 0.05) is 12.2 Å². The third kappa shape index (κ3) is 11.0. The van der Waals surface area contributed by atoms with E-state index in [1.807, 2.05) is 6.26 Å². The van der Waals surface area contributed by atoms with Gasteiger partial charge < -0.3 is 32.5 Å². The van der Waals surface area contributed by atoms with Crippen LogP contribution in [0.1, 0.15) is 19.3 Å². The molecule has 3 atom stereocenters. The molecule has 0 fully saturated rings. The summed E-state index contributed by atoms with van der Waals surface area (Å²) in [5.41, 5.74) is 10.7. The molecule has 0 heterocycles. The molecule has 0 saturated carbocycles. The third-order valence-corrected chi connectivity index (χ3v) is 4.52. The average molecular weight is 438 g/mol. The first-order valence-electron chi connectivity index (χ1n) is 8.36. The summed E-state index contributed by atoms with van der Waals surface area (Å²) in [6.07, 6.45) is 2.03. The normalized spacial score (nSPS) is 13.7. The summed E-state index contributed by atoms with van der Waals surface area (Å²) in [6, 6.07) is -3.07. The van der Waals surface area contributed by atoms with Crippen molar-refractivity contribution in [3.63, 3.8) is 0 Å². The molecule has 4 amide bonds.